The summed E-state index contributed by atoms with van der Waals surface area (Å²) in [5.41, 5.74) is 7.40. The van der Waals surface area contributed by atoms with E-state index in [1.807, 2.05) is 11.3 Å². The quantitative estimate of drug-likeness (QED) is 0.183. The Morgan fingerprint density at radius 2 is 0.617 bits per heavy atom. The van der Waals surface area contributed by atoms with Crippen molar-refractivity contribution in [3.05, 3.63) is 158 Å². The van der Waals surface area contributed by atoms with Crippen LogP contribution in [0, 0.1) is 0 Å². The first-order chi connectivity index (χ1) is 23.4. The molecule has 11 rings (SSSR count). The van der Waals surface area contributed by atoms with Crippen LogP contribution in [0.1, 0.15) is 0 Å². The number of thiophene rings is 1. The van der Waals surface area contributed by atoms with Crippen molar-refractivity contribution < 1.29 is 0 Å². The van der Waals surface area contributed by atoms with Crippen LogP contribution in [0.3, 0.4) is 0 Å². The Morgan fingerprint density at radius 3 is 1.02 bits per heavy atom. The molecule has 47 heavy (non-hydrogen) atoms. The highest BCUT2D eigenvalue weighted by molar-refractivity contribution is 7.28. The molecule has 0 unspecified atom stereocenters. The minimum Gasteiger partial charge on any atom is -0.308 e. The lowest BCUT2D eigenvalue weighted by molar-refractivity contribution is 1.19. The highest BCUT2D eigenvalue weighted by Gasteiger charge is 2.26. The van der Waals surface area contributed by atoms with Crippen molar-refractivity contribution in [3.8, 4) is 11.4 Å². The molecular formula is C44H26N2S. The standard InChI is InChI=1S/C44H26N2S/c1-3-15-27(16-4-1)45-35-25-13-11-23-33(35)37-29-19-7-9-21-31(29)39-40-32-22-10-8-20-30(32)38-34-24-12-14-26-36(34)46(28-17-5-2-6-18-28)42(38)44(40)47-43(39)41(37)45/h1-26H. The Balaban J connectivity index is 1.51. The molecule has 2 nitrogen and oxygen atoms in total. The zero-order valence-corrected chi connectivity index (χ0v) is 26.1. The third-order valence-corrected chi connectivity index (χ3v) is 11.3. The van der Waals surface area contributed by atoms with E-state index in [0.29, 0.717) is 0 Å². The number of aromatic nitrogens is 2. The number of nitrogens with zero attached hydrogens (tertiary/aromatic N) is 2. The Hall–Kier alpha value is -5.90. The van der Waals surface area contributed by atoms with Crippen LogP contribution in [-0.2, 0) is 0 Å². The molecule has 0 N–H and O–H groups in total. The van der Waals surface area contributed by atoms with Crippen LogP contribution in [0.25, 0.3) is 96.7 Å². The van der Waals surface area contributed by atoms with Gasteiger partial charge in [0.05, 0.1) is 31.5 Å². The molecule has 0 atom stereocenters. The minimum atomic E-state index is 1.18. The van der Waals surface area contributed by atoms with Gasteiger partial charge in [0.1, 0.15) is 0 Å². The second-order valence-electron chi connectivity index (χ2n) is 12.4. The van der Waals surface area contributed by atoms with Crippen molar-refractivity contribution in [2.75, 3.05) is 0 Å². The molecule has 218 valence electrons. The highest BCUT2D eigenvalue weighted by atomic mass is 32.1. The molecule has 0 fully saturated rings. The molecule has 3 aromatic heterocycles. The summed E-state index contributed by atoms with van der Waals surface area (Å²) in [7, 11) is 0. The lowest BCUT2D eigenvalue weighted by Gasteiger charge is -2.11. The van der Waals surface area contributed by atoms with Crippen LogP contribution in [0.5, 0.6) is 0 Å². The normalized spacial score (nSPS) is 12.3. The van der Waals surface area contributed by atoms with Gasteiger partial charge in [0.15, 0.2) is 0 Å². The molecule has 3 heterocycles. The van der Waals surface area contributed by atoms with Gasteiger partial charge in [-0.15, -0.1) is 11.3 Å². The van der Waals surface area contributed by atoms with Gasteiger partial charge in [-0.1, -0.05) is 121 Å². The van der Waals surface area contributed by atoms with E-state index in [-0.39, 0.29) is 0 Å². The summed E-state index contributed by atoms with van der Waals surface area (Å²) in [5.74, 6) is 0. The fourth-order valence-electron chi connectivity index (χ4n) is 8.26. The van der Waals surface area contributed by atoms with E-state index in [1.54, 1.807) is 0 Å². The maximum Gasteiger partial charge on any atom is 0.0726 e. The van der Waals surface area contributed by atoms with E-state index in [0.717, 1.165) is 0 Å². The van der Waals surface area contributed by atoms with E-state index in [2.05, 4.69) is 167 Å². The number of rotatable bonds is 2. The zero-order valence-electron chi connectivity index (χ0n) is 25.3. The SMILES string of the molecule is c1ccc(-n2c3ccccc3c3c4ccccc4c4c(sc5c4c4ccccc4c4c6ccccc6n(-c6ccccc6)c54)c32)cc1. The number of para-hydroxylation sites is 4. The maximum atomic E-state index is 2.50. The molecule has 11 aromatic rings. The van der Waals surface area contributed by atoms with Crippen LogP contribution in [0.4, 0.5) is 0 Å². The summed E-state index contributed by atoms with van der Waals surface area (Å²) >= 11 is 1.96. The van der Waals surface area contributed by atoms with Gasteiger partial charge in [-0.25, -0.2) is 0 Å². The van der Waals surface area contributed by atoms with Crippen molar-refractivity contribution >= 4 is 96.7 Å². The average Bonchev–Trinajstić information content (AvgIpc) is 3.81. The van der Waals surface area contributed by atoms with Crippen molar-refractivity contribution in [1.29, 1.82) is 0 Å². The summed E-state index contributed by atoms with van der Waals surface area (Å²) in [5, 5.41) is 13.1. The first-order valence-electron chi connectivity index (χ1n) is 16.1. The fourth-order valence-corrected chi connectivity index (χ4v) is 9.67. The highest BCUT2D eigenvalue weighted by Crippen LogP contribution is 2.53. The van der Waals surface area contributed by atoms with Crippen LogP contribution >= 0.6 is 11.3 Å². The van der Waals surface area contributed by atoms with Gasteiger partial charge in [0, 0.05) is 43.7 Å². The van der Waals surface area contributed by atoms with E-state index < -0.39 is 0 Å². The minimum absolute atomic E-state index is 1.18. The first-order valence-corrected chi connectivity index (χ1v) is 16.9. The number of hydrogen-bond acceptors (Lipinski definition) is 1. The molecular weight excluding hydrogens is 589 g/mol. The first kappa shape index (κ1) is 25.3. The Labute approximate surface area is 273 Å². The predicted molar refractivity (Wildman–Crippen MR) is 203 cm³/mol. The van der Waals surface area contributed by atoms with Gasteiger partial charge in [-0.2, -0.15) is 0 Å². The molecule has 0 aliphatic carbocycles. The van der Waals surface area contributed by atoms with Gasteiger partial charge >= 0.3 is 0 Å². The Kier molecular flexibility index (Phi) is 5.02. The summed E-state index contributed by atoms with van der Waals surface area (Å²) in [4.78, 5) is 0. The van der Waals surface area contributed by atoms with Crippen LogP contribution < -0.4 is 0 Å². The van der Waals surface area contributed by atoms with Crippen molar-refractivity contribution in [3.63, 3.8) is 0 Å². The molecule has 0 bridgehead atoms. The lowest BCUT2D eigenvalue weighted by Crippen LogP contribution is -1.93. The summed E-state index contributed by atoms with van der Waals surface area (Å²) in [6, 6.07) is 57.7. The van der Waals surface area contributed by atoms with Gasteiger partial charge in [-0.3, -0.25) is 0 Å². The van der Waals surface area contributed by atoms with Gasteiger partial charge in [0.2, 0.25) is 0 Å². The lowest BCUT2D eigenvalue weighted by atomic mass is 9.95. The largest absolute Gasteiger partial charge is 0.308 e. The van der Waals surface area contributed by atoms with Gasteiger partial charge in [0.25, 0.3) is 0 Å². The molecule has 3 heteroatoms. The van der Waals surface area contributed by atoms with Crippen molar-refractivity contribution in [1.82, 2.24) is 9.13 Å². The molecule has 8 aromatic carbocycles. The molecule has 0 radical (unpaired) electrons. The van der Waals surface area contributed by atoms with Crippen LogP contribution in [-0.4, -0.2) is 9.13 Å². The molecule has 0 spiro atoms. The number of hydrogen-bond donors (Lipinski definition) is 0. The second-order valence-corrected chi connectivity index (χ2v) is 13.4. The second kappa shape index (κ2) is 9.32. The smallest absolute Gasteiger partial charge is 0.0726 e. The molecule has 0 amide bonds. The average molecular weight is 615 g/mol. The van der Waals surface area contributed by atoms with Crippen molar-refractivity contribution in [2.24, 2.45) is 0 Å². The van der Waals surface area contributed by atoms with E-state index >= 15 is 0 Å². The van der Waals surface area contributed by atoms with Gasteiger partial charge in [-0.05, 0) is 57.9 Å². The van der Waals surface area contributed by atoms with Gasteiger partial charge < -0.3 is 9.13 Å². The Morgan fingerprint density at radius 1 is 0.298 bits per heavy atom. The summed E-state index contributed by atoms with van der Waals surface area (Å²) in [6.45, 7) is 0. The van der Waals surface area contributed by atoms with E-state index in [4.69, 9.17) is 0 Å². The third kappa shape index (κ3) is 3.24. The summed E-state index contributed by atoms with van der Waals surface area (Å²) in [6.07, 6.45) is 0. The maximum absolute atomic E-state index is 2.50. The fraction of sp³-hybridized carbons (Fsp3) is 0. The van der Waals surface area contributed by atoms with Crippen molar-refractivity contribution in [2.45, 2.75) is 0 Å². The zero-order chi connectivity index (χ0) is 30.6. The summed E-state index contributed by atoms with van der Waals surface area (Å²) < 4.78 is 7.66. The van der Waals surface area contributed by atoms with Crippen LogP contribution in [0.15, 0.2) is 158 Å². The predicted octanol–water partition coefficient (Wildman–Crippen LogP) is 12.6. The Bertz CT molecular complexity index is 2840. The monoisotopic (exact) mass is 614 g/mol. The molecule has 0 aliphatic heterocycles. The number of fused-ring (bicyclic) bond motifs is 17. The van der Waals surface area contributed by atoms with E-state index in [1.165, 1.54) is 96.7 Å². The van der Waals surface area contributed by atoms with E-state index in [9.17, 15) is 0 Å². The number of benzene rings is 8. The molecule has 0 saturated heterocycles. The third-order valence-electron chi connectivity index (χ3n) is 10.0. The molecule has 0 saturated carbocycles. The molecule has 0 aliphatic rings. The van der Waals surface area contributed by atoms with Crippen LogP contribution in [0.2, 0.25) is 0 Å². The topological polar surface area (TPSA) is 9.86 Å².